The van der Waals surface area contributed by atoms with Crippen LogP contribution in [0.5, 0.6) is 0 Å². The number of nitrogens with one attached hydrogen (secondary N) is 2. The van der Waals surface area contributed by atoms with Crippen molar-refractivity contribution in [1.29, 1.82) is 0 Å². The second-order valence-corrected chi connectivity index (χ2v) is 6.50. The van der Waals surface area contributed by atoms with Crippen LogP contribution in [0.3, 0.4) is 0 Å². The molecular formula is C19H20N4O4. The van der Waals surface area contributed by atoms with Gasteiger partial charge < -0.3 is 19.4 Å². The maximum Gasteiger partial charge on any atom is 0.417 e. The number of urea groups is 1. The molecule has 2 N–H and O–H groups in total. The Labute approximate surface area is 155 Å². The number of amides is 2. The Balaban J connectivity index is 1.35. The molecule has 2 amide bonds. The number of fused-ring (bicyclic) bond motifs is 1. The predicted molar refractivity (Wildman–Crippen MR) is 99.5 cm³/mol. The fraction of sp³-hybridized carbons (Fsp3) is 0.316. The largest absolute Gasteiger partial charge is 0.417 e. The minimum atomic E-state index is -0.516. The minimum absolute atomic E-state index is 0.0170. The Bertz CT molecular complexity index is 982. The summed E-state index contributed by atoms with van der Waals surface area (Å²) < 4.78 is 10.9. The number of likely N-dealkylation sites (tertiary alicyclic amines) is 1. The van der Waals surface area contributed by atoms with E-state index in [1.54, 1.807) is 29.3 Å². The van der Waals surface area contributed by atoms with Crippen LogP contribution in [-0.4, -0.2) is 40.1 Å². The van der Waals surface area contributed by atoms with Gasteiger partial charge in [0.1, 0.15) is 0 Å². The number of hydrogen-bond acceptors (Lipinski definition) is 5. The normalized spacial score (nSPS) is 17.2. The molecule has 3 heterocycles. The van der Waals surface area contributed by atoms with Gasteiger partial charge >= 0.3 is 11.8 Å². The van der Waals surface area contributed by atoms with E-state index in [0.29, 0.717) is 36.5 Å². The molecule has 2 aromatic heterocycles. The van der Waals surface area contributed by atoms with Crippen LogP contribution in [0.2, 0.25) is 0 Å². The number of anilines is 1. The second-order valence-electron chi connectivity index (χ2n) is 6.50. The molecule has 0 bridgehead atoms. The summed E-state index contributed by atoms with van der Waals surface area (Å²) in [6.07, 6.45) is 3.52. The number of benzene rings is 1. The molecule has 140 valence electrons. The lowest BCUT2D eigenvalue weighted by molar-refractivity contribution is -0.000325. The summed E-state index contributed by atoms with van der Waals surface area (Å²) in [4.78, 5) is 32.4. The highest BCUT2D eigenvalue weighted by Gasteiger charge is 2.24. The van der Waals surface area contributed by atoms with Gasteiger partial charge in [-0.1, -0.05) is 6.07 Å². The van der Waals surface area contributed by atoms with E-state index in [9.17, 15) is 9.59 Å². The molecule has 0 unspecified atom stereocenters. The SMILES string of the molecule is O=C(Nc1ccc2[nH]c(=O)oc2c1)N1CCC[C@@H](OCc2ccccn2)C1. The number of ether oxygens (including phenoxy) is 1. The van der Waals surface area contributed by atoms with Crippen molar-refractivity contribution in [3.8, 4) is 0 Å². The molecular weight excluding hydrogens is 348 g/mol. The van der Waals surface area contributed by atoms with E-state index < -0.39 is 5.76 Å². The maximum absolute atomic E-state index is 12.6. The molecule has 8 nitrogen and oxygen atoms in total. The summed E-state index contributed by atoms with van der Waals surface area (Å²) >= 11 is 0. The zero-order chi connectivity index (χ0) is 18.6. The van der Waals surface area contributed by atoms with E-state index in [2.05, 4.69) is 15.3 Å². The number of aromatic amines is 1. The minimum Gasteiger partial charge on any atom is -0.408 e. The van der Waals surface area contributed by atoms with Gasteiger partial charge in [0.25, 0.3) is 0 Å². The monoisotopic (exact) mass is 368 g/mol. The molecule has 1 fully saturated rings. The molecule has 0 aliphatic carbocycles. The Morgan fingerprint density at radius 3 is 3.15 bits per heavy atom. The van der Waals surface area contributed by atoms with Crippen LogP contribution in [-0.2, 0) is 11.3 Å². The van der Waals surface area contributed by atoms with Crippen LogP contribution in [0, 0.1) is 0 Å². The zero-order valence-corrected chi connectivity index (χ0v) is 14.7. The average Bonchev–Trinajstić information content (AvgIpc) is 3.07. The molecule has 1 saturated heterocycles. The first-order valence-corrected chi connectivity index (χ1v) is 8.88. The van der Waals surface area contributed by atoms with Gasteiger partial charge in [0.15, 0.2) is 5.58 Å². The topological polar surface area (TPSA) is 100 Å². The quantitative estimate of drug-likeness (QED) is 0.737. The standard InChI is InChI=1S/C19H20N4O4/c24-18(21-13-6-7-16-17(10-13)27-19(25)22-16)23-9-3-5-15(11-23)26-12-14-4-1-2-8-20-14/h1-2,4,6-8,10,15H,3,5,9,11-12H2,(H,21,24)(H,22,25)/t15-/m1/s1. The van der Waals surface area contributed by atoms with Gasteiger partial charge in [0.2, 0.25) is 0 Å². The molecule has 0 spiro atoms. The average molecular weight is 368 g/mol. The first-order valence-electron chi connectivity index (χ1n) is 8.88. The summed E-state index contributed by atoms with van der Waals surface area (Å²) in [7, 11) is 0. The number of H-pyrrole nitrogens is 1. The lowest BCUT2D eigenvalue weighted by atomic mass is 10.1. The number of hydrogen-bond donors (Lipinski definition) is 2. The highest BCUT2D eigenvalue weighted by molar-refractivity contribution is 5.91. The number of aromatic nitrogens is 2. The lowest BCUT2D eigenvalue weighted by Gasteiger charge is -2.32. The molecule has 0 radical (unpaired) electrons. The third kappa shape index (κ3) is 4.17. The van der Waals surface area contributed by atoms with Crippen molar-refractivity contribution in [3.05, 3.63) is 58.8 Å². The fourth-order valence-electron chi connectivity index (χ4n) is 3.17. The van der Waals surface area contributed by atoms with Gasteiger partial charge in [-0.15, -0.1) is 0 Å². The number of piperidine rings is 1. The molecule has 27 heavy (non-hydrogen) atoms. The van der Waals surface area contributed by atoms with Crippen LogP contribution < -0.4 is 11.1 Å². The van der Waals surface area contributed by atoms with Gasteiger partial charge in [-0.3, -0.25) is 9.97 Å². The smallest absolute Gasteiger partial charge is 0.408 e. The van der Waals surface area contributed by atoms with Crippen molar-refractivity contribution < 1.29 is 13.9 Å². The van der Waals surface area contributed by atoms with Crippen LogP contribution in [0.4, 0.5) is 10.5 Å². The highest BCUT2D eigenvalue weighted by atomic mass is 16.5. The first kappa shape index (κ1) is 17.3. The third-order valence-electron chi connectivity index (χ3n) is 4.53. The number of carbonyl (C=O) groups excluding carboxylic acids is 1. The Morgan fingerprint density at radius 2 is 2.30 bits per heavy atom. The van der Waals surface area contributed by atoms with Crippen molar-refractivity contribution >= 4 is 22.8 Å². The van der Waals surface area contributed by atoms with Gasteiger partial charge in [-0.05, 0) is 37.1 Å². The van der Waals surface area contributed by atoms with E-state index in [0.717, 1.165) is 18.5 Å². The van der Waals surface area contributed by atoms with Crippen LogP contribution in [0.25, 0.3) is 11.1 Å². The summed E-state index contributed by atoms with van der Waals surface area (Å²) in [5.41, 5.74) is 2.46. The summed E-state index contributed by atoms with van der Waals surface area (Å²) in [5.74, 6) is -0.516. The molecule has 8 heteroatoms. The molecule has 0 saturated carbocycles. The van der Waals surface area contributed by atoms with E-state index in [1.165, 1.54) is 0 Å². The van der Waals surface area contributed by atoms with Gasteiger partial charge in [-0.25, -0.2) is 9.59 Å². The van der Waals surface area contributed by atoms with Crippen molar-refractivity contribution in [2.24, 2.45) is 0 Å². The molecule has 1 aliphatic rings. The van der Waals surface area contributed by atoms with Crippen molar-refractivity contribution in [3.63, 3.8) is 0 Å². The van der Waals surface area contributed by atoms with Crippen molar-refractivity contribution in [1.82, 2.24) is 14.9 Å². The molecule has 1 aliphatic heterocycles. The van der Waals surface area contributed by atoms with Gasteiger partial charge in [0, 0.05) is 31.0 Å². The summed E-state index contributed by atoms with van der Waals surface area (Å²) in [5, 5.41) is 2.85. The van der Waals surface area contributed by atoms with Crippen LogP contribution in [0.1, 0.15) is 18.5 Å². The first-order chi connectivity index (χ1) is 13.2. The Kier molecular flexibility index (Phi) is 4.88. The van der Waals surface area contributed by atoms with Gasteiger partial charge in [-0.2, -0.15) is 0 Å². The predicted octanol–water partition coefficient (Wildman–Crippen LogP) is 2.73. The maximum atomic E-state index is 12.6. The zero-order valence-electron chi connectivity index (χ0n) is 14.7. The molecule has 4 rings (SSSR count). The van der Waals surface area contributed by atoms with E-state index >= 15 is 0 Å². The van der Waals surface area contributed by atoms with E-state index in [-0.39, 0.29) is 12.1 Å². The second kappa shape index (κ2) is 7.63. The van der Waals surface area contributed by atoms with Crippen LogP contribution in [0.15, 0.2) is 51.8 Å². The Hall–Kier alpha value is -3.13. The number of nitrogens with zero attached hydrogens (tertiary/aromatic N) is 2. The molecule has 3 aromatic rings. The summed E-state index contributed by atoms with van der Waals surface area (Å²) in [6.45, 7) is 1.64. The van der Waals surface area contributed by atoms with Crippen LogP contribution >= 0.6 is 0 Å². The van der Waals surface area contributed by atoms with Crippen molar-refractivity contribution in [2.75, 3.05) is 18.4 Å². The lowest BCUT2D eigenvalue weighted by Crippen LogP contribution is -2.45. The van der Waals surface area contributed by atoms with E-state index in [4.69, 9.17) is 9.15 Å². The summed E-state index contributed by atoms with van der Waals surface area (Å²) in [6, 6.07) is 10.6. The Morgan fingerprint density at radius 1 is 1.37 bits per heavy atom. The molecule has 1 aromatic carbocycles. The third-order valence-corrected chi connectivity index (χ3v) is 4.53. The van der Waals surface area contributed by atoms with Crippen molar-refractivity contribution in [2.45, 2.75) is 25.6 Å². The molecule has 1 atom stereocenters. The number of pyridine rings is 1. The van der Waals surface area contributed by atoms with Gasteiger partial charge in [0.05, 0.1) is 23.9 Å². The van der Waals surface area contributed by atoms with E-state index in [1.807, 2.05) is 18.2 Å². The fourth-order valence-corrected chi connectivity index (χ4v) is 3.17. The highest BCUT2D eigenvalue weighted by Crippen LogP contribution is 2.19. The number of oxazole rings is 1. The number of carbonyl (C=O) groups is 1. The number of rotatable bonds is 4.